The number of pyridine rings is 1. The first-order valence-electron chi connectivity index (χ1n) is 10.9. The molecule has 1 amide bonds. The van der Waals surface area contributed by atoms with E-state index in [0.717, 1.165) is 18.7 Å². The lowest BCUT2D eigenvalue weighted by molar-refractivity contribution is -0.120. The molecular formula is C24H26ClN5O3. The molecule has 1 saturated heterocycles. The van der Waals surface area contributed by atoms with Gasteiger partial charge in [0.1, 0.15) is 5.82 Å². The highest BCUT2D eigenvalue weighted by Crippen LogP contribution is 2.27. The van der Waals surface area contributed by atoms with Gasteiger partial charge in [-0.15, -0.1) is 0 Å². The fourth-order valence-electron chi connectivity index (χ4n) is 3.96. The lowest BCUT2D eigenvalue weighted by atomic mass is 10.0. The highest BCUT2D eigenvalue weighted by molar-refractivity contribution is 6.31. The molecular weight excluding hydrogens is 442 g/mol. The number of carbonyl (C=O) groups excluding carboxylic acids is 1. The zero-order chi connectivity index (χ0) is 23.2. The Labute approximate surface area is 197 Å². The summed E-state index contributed by atoms with van der Waals surface area (Å²) in [7, 11) is 0. The van der Waals surface area contributed by atoms with Crippen LogP contribution in [0, 0.1) is 6.92 Å². The number of benzene rings is 1. The molecule has 9 heteroatoms. The number of ether oxygens (including phenoxy) is 1. The summed E-state index contributed by atoms with van der Waals surface area (Å²) in [5.74, 6) is 0.186. The summed E-state index contributed by atoms with van der Waals surface area (Å²) in [5.41, 5.74) is 2.21. The van der Waals surface area contributed by atoms with Gasteiger partial charge in [0.05, 0.1) is 25.7 Å². The number of aromatic amines is 1. The van der Waals surface area contributed by atoms with Gasteiger partial charge in [0.2, 0.25) is 5.91 Å². The summed E-state index contributed by atoms with van der Waals surface area (Å²) in [6, 6.07) is 11.2. The van der Waals surface area contributed by atoms with Crippen LogP contribution in [0.2, 0.25) is 5.02 Å². The molecule has 0 saturated carbocycles. The molecule has 1 fully saturated rings. The van der Waals surface area contributed by atoms with Crippen LogP contribution in [0.3, 0.4) is 0 Å². The Kier molecular flexibility index (Phi) is 7.49. The third kappa shape index (κ3) is 5.65. The van der Waals surface area contributed by atoms with Crippen LogP contribution in [0.4, 0.5) is 0 Å². The van der Waals surface area contributed by atoms with Crippen LogP contribution in [0.25, 0.3) is 11.4 Å². The largest absolute Gasteiger partial charge is 0.379 e. The molecule has 172 valence electrons. The lowest BCUT2D eigenvalue weighted by Crippen LogP contribution is -2.44. The number of aromatic nitrogens is 3. The van der Waals surface area contributed by atoms with Crippen LogP contribution in [-0.4, -0.2) is 58.6 Å². The van der Waals surface area contributed by atoms with Gasteiger partial charge in [-0.3, -0.25) is 19.5 Å². The third-order valence-corrected chi connectivity index (χ3v) is 6.08. The predicted molar refractivity (Wildman–Crippen MR) is 126 cm³/mol. The molecule has 0 bridgehead atoms. The van der Waals surface area contributed by atoms with E-state index in [4.69, 9.17) is 16.3 Å². The zero-order valence-corrected chi connectivity index (χ0v) is 19.1. The first-order valence-corrected chi connectivity index (χ1v) is 11.2. The molecule has 0 radical (unpaired) electrons. The molecule has 1 aliphatic rings. The molecule has 0 spiro atoms. The molecule has 4 rings (SSSR count). The fraction of sp³-hybridized carbons (Fsp3) is 0.333. The van der Waals surface area contributed by atoms with E-state index < -0.39 is 0 Å². The molecule has 8 nitrogen and oxygen atoms in total. The van der Waals surface area contributed by atoms with Crippen molar-refractivity contribution in [3.8, 4) is 11.4 Å². The number of hydrogen-bond donors (Lipinski definition) is 2. The average molecular weight is 468 g/mol. The number of nitrogens with one attached hydrogen (secondary N) is 2. The van der Waals surface area contributed by atoms with Crippen molar-refractivity contribution in [3.05, 3.63) is 81.0 Å². The van der Waals surface area contributed by atoms with E-state index in [9.17, 15) is 9.59 Å². The van der Waals surface area contributed by atoms with Crippen molar-refractivity contribution in [1.29, 1.82) is 0 Å². The SMILES string of the molecule is Cc1nc(-c2cccnc2)[nH]c(=O)c1CC(=O)NCC(c1ccccc1Cl)N1CCOCC1. The second-order valence-electron chi connectivity index (χ2n) is 7.89. The minimum atomic E-state index is -0.327. The number of amides is 1. The van der Waals surface area contributed by atoms with Gasteiger partial charge in [-0.25, -0.2) is 4.98 Å². The van der Waals surface area contributed by atoms with Crippen molar-refractivity contribution in [2.75, 3.05) is 32.8 Å². The number of hydrogen-bond acceptors (Lipinski definition) is 6. The molecule has 2 N–H and O–H groups in total. The van der Waals surface area contributed by atoms with Crippen LogP contribution in [-0.2, 0) is 16.0 Å². The predicted octanol–water partition coefficient (Wildman–Crippen LogP) is 2.53. The highest BCUT2D eigenvalue weighted by Gasteiger charge is 2.25. The van der Waals surface area contributed by atoms with Gasteiger partial charge in [0.25, 0.3) is 5.56 Å². The molecule has 3 heterocycles. The van der Waals surface area contributed by atoms with Crippen molar-refractivity contribution < 1.29 is 9.53 Å². The van der Waals surface area contributed by atoms with E-state index in [1.807, 2.05) is 30.3 Å². The molecule has 2 aromatic heterocycles. The minimum Gasteiger partial charge on any atom is -0.379 e. The van der Waals surface area contributed by atoms with Gasteiger partial charge >= 0.3 is 0 Å². The van der Waals surface area contributed by atoms with Crippen molar-refractivity contribution >= 4 is 17.5 Å². The summed E-state index contributed by atoms with van der Waals surface area (Å²) in [6.45, 7) is 4.89. The summed E-state index contributed by atoms with van der Waals surface area (Å²) in [6.07, 6.45) is 3.23. The van der Waals surface area contributed by atoms with Gasteiger partial charge < -0.3 is 15.0 Å². The lowest BCUT2D eigenvalue weighted by Gasteiger charge is -2.35. The second kappa shape index (κ2) is 10.7. The Morgan fingerprint density at radius 2 is 2.03 bits per heavy atom. The standard InChI is InChI=1S/C24H26ClN5O3/c1-16-19(24(32)29-23(28-16)17-5-4-8-26-14-17)13-22(31)27-15-21(30-9-11-33-12-10-30)18-6-2-3-7-20(18)25/h2-8,14,21H,9-13,15H2,1H3,(H,27,31)(H,28,29,32). The Morgan fingerprint density at radius 1 is 1.24 bits per heavy atom. The fourth-order valence-corrected chi connectivity index (χ4v) is 4.22. The van der Waals surface area contributed by atoms with Crippen LogP contribution in [0.5, 0.6) is 0 Å². The van der Waals surface area contributed by atoms with Crippen molar-refractivity contribution in [2.45, 2.75) is 19.4 Å². The Morgan fingerprint density at radius 3 is 2.73 bits per heavy atom. The van der Waals surface area contributed by atoms with Crippen molar-refractivity contribution in [3.63, 3.8) is 0 Å². The van der Waals surface area contributed by atoms with Crippen molar-refractivity contribution in [2.24, 2.45) is 0 Å². The molecule has 0 aliphatic carbocycles. The quantitative estimate of drug-likeness (QED) is 0.554. The van der Waals surface area contributed by atoms with Crippen LogP contribution >= 0.6 is 11.6 Å². The van der Waals surface area contributed by atoms with Gasteiger partial charge in [-0.05, 0) is 30.7 Å². The second-order valence-corrected chi connectivity index (χ2v) is 8.29. The van der Waals surface area contributed by atoms with Crippen LogP contribution in [0.1, 0.15) is 22.9 Å². The van der Waals surface area contributed by atoms with Gasteiger partial charge in [-0.2, -0.15) is 0 Å². The number of H-pyrrole nitrogens is 1. The van der Waals surface area contributed by atoms with Crippen LogP contribution < -0.4 is 10.9 Å². The number of aryl methyl sites for hydroxylation is 1. The topological polar surface area (TPSA) is 100 Å². The van der Waals surface area contributed by atoms with Gasteiger partial charge in [0.15, 0.2) is 0 Å². The first kappa shape index (κ1) is 23.1. The summed E-state index contributed by atoms with van der Waals surface area (Å²) >= 11 is 6.46. The Balaban J connectivity index is 1.47. The number of nitrogens with zero attached hydrogens (tertiary/aromatic N) is 3. The summed E-state index contributed by atoms with van der Waals surface area (Å²) < 4.78 is 5.48. The zero-order valence-electron chi connectivity index (χ0n) is 18.4. The smallest absolute Gasteiger partial charge is 0.255 e. The normalized spacial score (nSPS) is 15.2. The first-order chi connectivity index (χ1) is 16.0. The summed E-state index contributed by atoms with van der Waals surface area (Å²) in [5, 5.41) is 3.64. The average Bonchev–Trinajstić information content (AvgIpc) is 2.84. The molecule has 33 heavy (non-hydrogen) atoms. The van der Waals surface area contributed by atoms with E-state index in [0.29, 0.717) is 47.4 Å². The molecule has 3 aromatic rings. The molecule has 1 aromatic carbocycles. The van der Waals surface area contributed by atoms with E-state index >= 15 is 0 Å². The monoisotopic (exact) mass is 467 g/mol. The minimum absolute atomic E-state index is 0.0557. The number of carbonyl (C=O) groups is 1. The number of rotatable bonds is 7. The van der Waals surface area contributed by atoms with E-state index in [2.05, 4.69) is 25.2 Å². The molecule has 1 atom stereocenters. The van der Waals surface area contributed by atoms with Crippen LogP contribution in [0.15, 0.2) is 53.6 Å². The number of halogens is 1. The maximum Gasteiger partial charge on any atom is 0.255 e. The van der Waals surface area contributed by atoms with E-state index in [-0.39, 0.29) is 23.9 Å². The summed E-state index contributed by atoms with van der Waals surface area (Å²) in [4.78, 5) is 39.0. The maximum absolute atomic E-state index is 12.8. The van der Waals surface area contributed by atoms with Gasteiger partial charge in [0, 0.05) is 53.9 Å². The Hall–Kier alpha value is -3.07. The Bertz CT molecular complexity index is 1160. The van der Waals surface area contributed by atoms with Gasteiger partial charge in [-0.1, -0.05) is 29.8 Å². The third-order valence-electron chi connectivity index (χ3n) is 5.74. The van der Waals surface area contributed by atoms with E-state index in [1.165, 1.54) is 0 Å². The van der Waals surface area contributed by atoms with E-state index in [1.54, 1.807) is 25.4 Å². The maximum atomic E-state index is 12.8. The van der Waals surface area contributed by atoms with Crippen molar-refractivity contribution in [1.82, 2.24) is 25.2 Å². The molecule has 1 aliphatic heterocycles. The number of morpholine rings is 1. The highest BCUT2D eigenvalue weighted by atomic mass is 35.5. The molecule has 1 unspecified atom stereocenters.